The number of fused-ring (bicyclic) bond motifs is 1. The van der Waals surface area contributed by atoms with Gasteiger partial charge in [-0.25, -0.2) is 8.42 Å². The first-order chi connectivity index (χ1) is 12.1. The Hall–Kier alpha value is -2.20. The summed E-state index contributed by atoms with van der Waals surface area (Å²) in [7, 11) is -3.46. The molecule has 0 amide bonds. The van der Waals surface area contributed by atoms with Crippen molar-refractivity contribution in [3.05, 3.63) is 65.2 Å². The average molecular weight is 353 g/mol. The summed E-state index contributed by atoms with van der Waals surface area (Å²) >= 11 is 0. The molecule has 6 heteroatoms. The second kappa shape index (κ2) is 6.26. The highest BCUT2D eigenvalue weighted by Gasteiger charge is 2.40. The van der Waals surface area contributed by atoms with Crippen LogP contribution >= 0.6 is 0 Å². The van der Waals surface area contributed by atoms with Gasteiger partial charge in [-0.05, 0) is 41.8 Å². The molecule has 0 aromatic heterocycles. The molecule has 0 unspecified atom stereocenters. The van der Waals surface area contributed by atoms with E-state index in [9.17, 15) is 8.42 Å². The van der Waals surface area contributed by atoms with Crippen molar-refractivity contribution in [3.8, 4) is 6.07 Å². The smallest absolute Gasteiger partial charge is 0.243 e. The topological polar surface area (TPSA) is 64.4 Å². The van der Waals surface area contributed by atoms with Gasteiger partial charge >= 0.3 is 0 Å². The Morgan fingerprint density at radius 1 is 1.00 bits per heavy atom. The molecule has 2 aromatic carbocycles. The molecule has 2 aromatic rings. The normalized spacial score (nSPS) is 19.0. The molecule has 25 heavy (non-hydrogen) atoms. The molecule has 2 heterocycles. The van der Waals surface area contributed by atoms with Crippen molar-refractivity contribution < 1.29 is 8.42 Å². The fourth-order valence-corrected chi connectivity index (χ4v) is 5.04. The van der Waals surface area contributed by atoms with Gasteiger partial charge < -0.3 is 0 Å². The fraction of sp³-hybridized carbons (Fsp3) is 0.316. The Morgan fingerprint density at radius 3 is 2.36 bits per heavy atom. The van der Waals surface area contributed by atoms with E-state index in [-0.39, 0.29) is 10.9 Å². The van der Waals surface area contributed by atoms with E-state index in [0.717, 1.165) is 19.5 Å². The predicted octanol–water partition coefficient (Wildman–Crippen LogP) is 1.99. The Labute approximate surface area is 148 Å². The predicted molar refractivity (Wildman–Crippen MR) is 94.3 cm³/mol. The number of sulfonamides is 1. The van der Waals surface area contributed by atoms with Gasteiger partial charge in [-0.3, -0.25) is 4.90 Å². The quantitative estimate of drug-likeness (QED) is 0.846. The SMILES string of the molecule is N#Cc1ccc(S(=O)(=O)N2CC(N3CCc4ccccc4C3)C2)cc1. The summed E-state index contributed by atoms with van der Waals surface area (Å²) in [5, 5.41) is 8.83. The maximum atomic E-state index is 12.7. The Morgan fingerprint density at radius 2 is 1.68 bits per heavy atom. The summed E-state index contributed by atoms with van der Waals surface area (Å²) in [6.45, 7) is 2.94. The maximum Gasteiger partial charge on any atom is 0.243 e. The van der Waals surface area contributed by atoms with Gasteiger partial charge in [-0.15, -0.1) is 0 Å². The van der Waals surface area contributed by atoms with Crippen LogP contribution in [0, 0.1) is 11.3 Å². The van der Waals surface area contributed by atoms with Crippen molar-refractivity contribution in [1.29, 1.82) is 5.26 Å². The number of benzene rings is 2. The summed E-state index contributed by atoms with van der Waals surface area (Å²) in [4.78, 5) is 2.64. The summed E-state index contributed by atoms with van der Waals surface area (Å²) in [5.41, 5.74) is 3.22. The number of rotatable bonds is 3. The monoisotopic (exact) mass is 353 g/mol. The van der Waals surface area contributed by atoms with E-state index in [4.69, 9.17) is 5.26 Å². The molecule has 1 saturated heterocycles. The molecule has 0 saturated carbocycles. The minimum Gasteiger partial charge on any atom is -0.293 e. The first kappa shape index (κ1) is 16.3. The first-order valence-corrected chi connectivity index (χ1v) is 9.83. The van der Waals surface area contributed by atoms with E-state index in [1.807, 2.05) is 6.07 Å². The standard InChI is InChI=1S/C19H19N3O2S/c20-11-15-5-7-19(8-6-15)25(23,24)22-13-18(14-22)21-10-9-16-3-1-2-4-17(16)12-21/h1-8,18H,9-10,12-14H2. The molecule has 5 nitrogen and oxygen atoms in total. The van der Waals surface area contributed by atoms with Crippen LogP contribution in [-0.4, -0.2) is 43.3 Å². The van der Waals surface area contributed by atoms with Crippen LogP contribution < -0.4 is 0 Å². The summed E-state index contributed by atoms with van der Waals surface area (Å²) in [5.74, 6) is 0. The second-order valence-electron chi connectivity index (χ2n) is 6.60. The van der Waals surface area contributed by atoms with Crippen molar-refractivity contribution in [2.45, 2.75) is 23.9 Å². The van der Waals surface area contributed by atoms with Gasteiger partial charge in [-0.2, -0.15) is 9.57 Å². The molecule has 0 aliphatic carbocycles. The average Bonchev–Trinajstić information content (AvgIpc) is 2.60. The van der Waals surface area contributed by atoms with E-state index in [0.29, 0.717) is 18.7 Å². The lowest BCUT2D eigenvalue weighted by Crippen LogP contribution is -2.61. The van der Waals surface area contributed by atoms with Crippen LogP contribution in [0.2, 0.25) is 0 Å². The maximum absolute atomic E-state index is 12.7. The lowest BCUT2D eigenvalue weighted by atomic mass is 9.97. The zero-order valence-electron chi connectivity index (χ0n) is 13.8. The zero-order chi connectivity index (χ0) is 17.4. The highest BCUT2D eigenvalue weighted by atomic mass is 32.2. The molecule has 2 aliphatic rings. The largest absolute Gasteiger partial charge is 0.293 e. The molecule has 0 spiro atoms. The molecule has 0 bridgehead atoms. The van der Waals surface area contributed by atoms with Crippen molar-refractivity contribution in [3.63, 3.8) is 0 Å². The Balaban J connectivity index is 1.42. The van der Waals surface area contributed by atoms with Crippen LogP contribution in [0.4, 0.5) is 0 Å². The number of hydrogen-bond donors (Lipinski definition) is 0. The summed E-state index contributed by atoms with van der Waals surface area (Å²) in [6.07, 6.45) is 1.02. The number of nitrogens with zero attached hydrogens (tertiary/aromatic N) is 3. The van der Waals surface area contributed by atoms with Crippen LogP contribution in [-0.2, 0) is 23.0 Å². The van der Waals surface area contributed by atoms with Gasteiger partial charge in [0.05, 0.1) is 16.5 Å². The van der Waals surface area contributed by atoms with Gasteiger partial charge in [0, 0.05) is 32.2 Å². The van der Waals surface area contributed by atoms with Crippen molar-refractivity contribution in [1.82, 2.24) is 9.21 Å². The van der Waals surface area contributed by atoms with Crippen LogP contribution in [0.5, 0.6) is 0 Å². The second-order valence-corrected chi connectivity index (χ2v) is 8.54. The number of nitriles is 1. The molecule has 0 radical (unpaired) electrons. The Kier molecular flexibility index (Phi) is 4.08. The third-order valence-electron chi connectivity index (χ3n) is 5.13. The van der Waals surface area contributed by atoms with Gasteiger partial charge in [0.25, 0.3) is 0 Å². The lowest BCUT2D eigenvalue weighted by Gasteiger charge is -2.46. The van der Waals surface area contributed by atoms with Crippen LogP contribution in [0.1, 0.15) is 16.7 Å². The Bertz CT molecular complexity index is 926. The molecule has 128 valence electrons. The van der Waals surface area contributed by atoms with Gasteiger partial charge in [-0.1, -0.05) is 24.3 Å². The minimum absolute atomic E-state index is 0.258. The van der Waals surface area contributed by atoms with E-state index in [2.05, 4.69) is 29.2 Å². The zero-order valence-corrected chi connectivity index (χ0v) is 14.6. The number of hydrogen-bond acceptors (Lipinski definition) is 4. The highest BCUT2D eigenvalue weighted by Crippen LogP contribution is 2.28. The molecule has 2 aliphatic heterocycles. The van der Waals surface area contributed by atoms with E-state index < -0.39 is 10.0 Å². The third-order valence-corrected chi connectivity index (χ3v) is 6.97. The fourth-order valence-electron chi connectivity index (χ4n) is 3.52. The highest BCUT2D eigenvalue weighted by molar-refractivity contribution is 7.89. The van der Waals surface area contributed by atoms with Gasteiger partial charge in [0.15, 0.2) is 0 Å². The van der Waals surface area contributed by atoms with E-state index in [1.54, 1.807) is 12.1 Å². The molecule has 1 fully saturated rings. The summed E-state index contributed by atoms with van der Waals surface area (Å²) in [6, 6.07) is 16.9. The lowest BCUT2D eigenvalue weighted by molar-refractivity contribution is 0.0769. The minimum atomic E-state index is -3.46. The van der Waals surface area contributed by atoms with Crippen LogP contribution in [0.25, 0.3) is 0 Å². The third kappa shape index (κ3) is 2.95. The van der Waals surface area contributed by atoms with Crippen molar-refractivity contribution >= 4 is 10.0 Å². The molecule has 0 N–H and O–H groups in total. The van der Waals surface area contributed by atoms with Gasteiger partial charge in [0.1, 0.15) is 0 Å². The molecular weight excluding hydrogens is 334 g/mol. The van der Waals surface area contributed by atoms with Gasteiger partial charge in [0.2, 0.25) is 10.0 Å². The molecular formula is C19H19N3O2S. The van der Waals surface area contributed by atoms with Crippen LogP contribution in [0.3, 0.4) is 0 Å². The molecule has 0 atom stereocenters. The van der Waals surface area contributed by atoms with Crippen molar-refractivity contribution in [2.75, 3.05) is 19.6 Å². The van der Waals surface area contributed by atoms with E-state index in [1.165, 1.54) is 27.6 Å². The van der Waals surface area contributed by atoms with Crippen LogP contribution in [0.15, 0.2) is 53.4 Å². The summed E-state index contributed by atoms with van der Waals surface area (Å²) < 4.78 is 26.9. The van der Waals surface area contributed by atoms with E-state index >= 15 is 0 Å². The first-order valence-electron chi connectivity index (χ1n) is 8.39. The van der Waals surface area contributed by atoms with Crippen molar-refractivity contribution in [2.24, 2.45) is 0 Å². The molecule has 4 rings (SSSR count).